The highest BCUT2D eigenvalue weighted by Crippen LogP contribution is 2.31. The number of Topliss-reactive ketones (excluding diaryl/α,β-unsaturated/α-hetero) is 4. The Morgan fingerprint density at radius 2 is 1.20 bits per heavy atom. The second-order valence-electron chi connectivity index (χ2n) is 27.5. The van der Waals surface area contributed by atoms with Gasteiger partial charge in [0.05, 0.1) is 23.5 Å². The molecule has 27 heteroatoms. The molecule has 2 aromatic carbocycles. The van der Waals surface area contributed by atoms with Crippen LogP contribution in [0.4, 0.5) is 0 Å². The first-order valence-electron chi connectivity index (χ1n) is 34.3. The van der Waals surface area contributed by atoms with Crippen molar-refractivity contribution in [2.75, 3.05) is 6.54 Å². The minimum atomic E-state index is -1.67. The minimum absolute atomic E-state index is 0. The van der Waals surface area contributed by atoms with Crippen LogP contribution < -0.4 is 53.6 Å². The lowest BCUT2D eigenvalue weighted by Gasteiger charge is -2.33. The number of benzene rings is 2. The van der Waals surface area contributed by atoms with E-state index in [1.54, 1.807) is 20.0 Å². The van der Waals surface area contributed by atoms with Crippen molar-refractivity contribution >= 4 is 93.2 Å². The number of rotatable bonds is 26. The van der Waals surface area contributed by atoms with Gasteiger partial charge in [0.15, 0.2) is 5.78 Å². The molecule has 14 N–H and O–H groups in total. The summed E-state index contributed by atoms with van der Waals surface area (Å²) in [5.74, 6) is -12.2. The molecule has 100 heavy (non-hydrogen) atoms. The molecule has 1 aliphatic heterocycles. The third kappa shape index (κ3) is 27.5. The van der Waals surface area contributed by atoms with E-state index in [1.165, 1.54) is 72.7 Å². The van der Waals surface area contributed by atoms with E-state index in [1.807, 2.05) is 50.3 Å². The minimum Gasteiger partial charge on any atom is -0.508 e. The molecule has 27 nitrogen and oxygen atoms in total. The number of fused-ring (bicyclic) bond motifs is 1. The van der Waals surface area contributed by atoms with Crippen LogP contribution in [0.2, 0.25) is 0 Å². The fourth-order valence-corrected chi connectivity index (χ4v) is 11.7. The van der Waals surface area contributed by atoms with Gasteiger partial charge in [-0.2, -0.15) is 0 Å². The van der Waals surface area contributed by atoms with E-state index in [-0.39, 0.29) is 89.2 Å². The second kappa shape index (κ2) is 40.8. The van der Waals surface area contributed by atoms with E-state index in [0.29, 0.717) is 43.2 Å². The third-order valence-corrected chi connectivity index (χ3v) is 17.9. The molecule has 2 heterocycles. The summed E-state index contributed by atoms with van der Waals surface area (Å²) in [4.78, 5) is 194. The number of hydrogen-bond donors (Lipinski definition) is 13. The average Bonchev–Trinajstić information content (AvgIpc) is 1.49. The summed E-state index contributed by atoms with van der Waals surface area (Å²) in [5, 5.41) is 44.9. The molecule has 9 amide bonds. The highest BCUT2D eigenvalue weighted by Gasteiger charge is 2.41. The van der Waals surface area contributed by atoms with E-state index < -0.39 is 154 Å². The van der Waals surface area contributed by atoms with Gasteiger partial charge in [-0.1, -0.05) is 96.9 Å². The van der Waals surface area contributed by atoms with E-state index in [9.17, 15) is 77.3 Å². The number of ketones is 4. The van der Waals surface area contributed by atoms with Crippen molar-refractivity contribution in [2.45, 2.75) is 247 Å². The molecule has 3 aromatic rings. The Kier molecular flexibility index (Phi) is 34.7. The standard InChI is InChI=1S/C72H105N11O16.CH4/c1-41(2)35-50-27-31-58(86)56(37-51-40-75-54-24-20-19-23-53(51)54)80-68(97)57(36-49-25-28-52(85)29-26-49)81-67(96)55(30-32-59(87)88)82-69(98)71(10,38-43(4)84)33-21-17-15-13-12-14-16-18-22-34-72(11,83-66(50)95)70(99)79-48(9)65(94)78-47(8)64(93)77-46(7)63(92)76-45(6)61(90)60(89)44(5)74-39-42(3)62(73)91;/h14,16,19-20,23-26,28-29,40-42,44-48,50,55-57,74-75,85H,12-13,15,17-18,21-22,27,30-39H2,1-11H3,(H2,73,91)(H,76,92)(H,77,93)(H,78,94)(H,79,99)(H,80,97)(H,81,96)(H,82,98)(H,83,95)(H,87,88);1H4/b16-14+;/t42-,44-,45-,46?,47-,48?,50-,55-,56-,57?,71-,72-;/m0./s1. The Morgan fingerprint density at radius 1 is 0.640 bits per heavy atom. The maximum absolute atomic E-state index is 15.0. The Hall–Kier alpha value is -9.14. The van der Waals surface area contributed by atoms with Crippen LogP contribution in [0.1, 0.15) is 191 Å². The van der Waals surface area contributed by atoms with Crippen molar-refractivity contribution < 1.29 is 77.3 Å². The number of carbonyl (C=O) groups is 14. The second-order valence-corrected chi connectivity index (χ2v) is 27.5. The van der Waals surface area contributed by atoms with Crippen LogP contribution in [0.25, 0.3) is 10.9 Å². The molecule has 0 saturated heterocycles. The van der Waals surface area contributed by atoms with Crippen LogP contribution in [0.3, 0.4) is 0 Å². The van der Waals surface area contributed by atoms with E-state index in [0.717, 1.165) is 23.7 Å². The Morgan fingerprint density at radius 3 is 1.80 bits per heavy atom. The van der Waals surface area contributed by atoms with Crippen molar-refractivity contribution in [2.24, 2.45) is 28.9 Å². The average molecular weight is 1400 g/mol. The van der Waals surface area contributed by atoms with Crippen molar-refractivity contribution in [3.8, 4) is 5.75 Å². The third-order valence-electron chi connectivity index (χ3n) is 17.9. The molecule has 0 spiro atoms. The van der Waals surface area contributed by atoms with E-state index in [2.05, 4.69) is 52.8 Å². The zero-order valence-electron chi connectivity index (χ0n) is 59.1. The number of nitrogens with one attached hydrogen (secondary N) is 10. The lowest BCUT2D eigenvalue weighted by atomic mass is 9.79. The number of phenolic OH excluding ortho intramolecular Hbond substituents is 1. The summed E-state index contributed by atoms with van der Waals surface area (Å²) < 4.78 is 0. The smallest absolute Gasteiger partial charge is 0.303 e. The molecular weight excluding hydrogens is 1290 g/mol. The molecule has 0 aliphatic carbocycles. The zero-order chi connectivity index (χ0) is 73.9. The summed E-state index contributed by atoms with van der Waals surface area (Å²) in [6.45, 7) is 16.6. The lowest BCUT2D eigenvalue weighted by molar-refractivity contribution is -0.140. The largest absolute Gasteiger partial charge is 0.508 e. The lowest BCUT2D eigenvalue weighted by Crippen LogP contribution is -2.61. The first-order chi connectivity index (χ1) is 46.5. The number of aromatic amines is 1. The van der Waals surface area contributed by atoms with Gasteiger partial charge in [-0.15, -0.1) is 0 Å². The molecule has 12 atom stereocenters. The maximum Gasteiger partial charge on any atom is 0.303 e. The quantitative estimate of drug-likeness (QED) is 0.0378. The van der Waals surface area contributed by atoms with Gasteiger partial charge in [0, 0.05) is 67.6 Å². The number of para-hydroxylation sites is 1. The first kappa shape index (κ1) is 85.1. The molecule has 4 rings (SSSR count). The number of H-pyrrole nitrogens is 1. The molecule has 0 fully saturated rings. The number of phenols is 1. The topological polar surface area (TPSA) is 430 Å². The highest BCUT2D eigenvalue weighted by molar-refractivity contribution is 6.41. The van der Waals surface area contributed by atoms with E-state index in [4.69, 9.17) is 5.73 Å². The van der Waals surface area contributed by atoms with Crippen molar-refractivity contribution in [3.05, 3.63) is 78.0 Å². The van der Waals surface area contributed by atoms with Crippen molar-refractivity contribution in [1.82, 2.24) is 52.8 Å². The van der Waals surface area contributed by atoms with Gasteiger partial charge in [0.25, 0.3) is 0 Å². The summed E-state index contributed by atoms with van der Waals surface area (Å²) >= 11 is 0. The maximum atomic E-state index is 15.0. The number of aliphatic carboxylic acids is 1. The molecule has 0 bridgehead atoms. The predicted octanol–water partition coefficient (Wildman–Crippen LogP) is 4.82. The molecule has 0 saturated carbocycles. The van der Waals surface area contributed by atoms with Gasteiger partial charge >= 0.3 is 5.97 Å². The van der Waals surface area contributed by atoms with Crippen molar-refractivity contribution in [3.63, 3.8) is 0 Å². The van der Waals surface area contributed by atoms with Gasteiger partial charge in [-0.3, -0.25) is 67.1 Å². The van der Waals surface area contributed by atoms with Crippen LogP contribution in [0.5, 0.6) is 5.75 Å². The first-order valence-corrected chi connectivity index (χ1v) is 34.3. The van der Waals surface area contributed by atoms with Gasteiger partial charge < -0.3 is 68.8 Å². The predicted molar refractivity (Wildman–Crippen MR) is 377 cm³/mol. The van der Waals surface area contributed by atoms with Gasteiger partial charge in [-0.25, -0.2) is 0 Å². The Balaban J connectivity index is 0.0000260. The number of hydrogen-bond acceptors (Lipinski definition) is 16. The number of allylic oxidation sites excluding steroid dienone is 2. The van der Waals surface area contributed by atoms with Crippen LogP contribution in [-0.4, -0.2) is 158 Å². The molecule has 3 unspecified atom stereocenters. The fourth-order valence-electron chi connectivity index (χ4n) is 11.7. The van der Waals surface area contributed by atoms with Crippen molar-refractivity contribution in [1.29, 1.82) is 0 Å². The summed E-state index contributed by atoms with van der Waals surface area (Å²) in [6, 6.07) is 2.78. The zero-order valence-corrected chi connectivity index (χ0v) is 59.1. The van der Waals surface area contributed by atoms with Gasteiger partial charge in [0.2, 0.25) is 64.7 Å². The van der Waals surface area contributed by atoms with E-state index >= 15 is 0 Å². The van der Waals surface area contributed by atoms with Crippen LogP contribution >= 0.6 is 0 Å². The number of aromatic hydroxyl groups is 1. The summed E-state index contributed by atoms with van der Waals surface area (Å²) in [5.41, 5.74) is 4.17. The molecule has 552 valence electrons. The van der Waals surface area contributed by atoms with Crippen LogP contribution in [-0.2, 0) is 80.0 Å². The Labute approximate surface area is 586 Å². The number of carbonyl (C=O) groups excluding carboxylic acids is 13. The molecule has 1 aromatic heterocycles. The summed E-state index contributed by atoms with van der Waals surface area (Å²) in [6.07, 6.45) is 8.82. The van der Waals surface area contributed by atoms with Crippen LogP contribution in [0.15, 0.2) is 66.9 Å². The highest BCUT2D eigenvalue weighted by atomic mass is 16.4. The molecule has 1 aliphatic rings. The SMILES string of the molecule is C.CC(=O)C[C@]1(C)CCCCCC/C=C/CCC[C@@](C)(C(=O)NC(C)C(=O)N[C@@H](C)C(=O)NC(C)C(=O)N[C@@H](C)C(=O)C(=O)[C@H](C)NC[C@H](C)C(N)=O)NC(=O)[C@H](CC(C)C)CCC(=O)[C@H](Cc2c[nH]c3ccccc23)NC(=O)C(Cc2ccc(O)cc2)NC(=O)[C@H](CCC(=O)O)NC1=O. The molecule has 0 radical (unpaired) electrons. The number of amides is 9. The van der Waals surface area contributed by atoms with Crippen LogP contribution in [0, 0.1) is 23.2 Å². The van der Waals surface area contributed by atoms with Gasteiger partial charge in [-0.05, 0) is 141 Å². The number of carboxylic acid groups (broad SMARTS) is 1. The number of aromatic nitrogens is 1. The van der Waals surface area contributed by atoms with Gasteiger partial charge in [0.1, 0.15) is 47.3 Å². The normalized spacial score (nSPS) is 22.7. The molecular formula is C73H109N11O16. The monoisotopic (exact) mass is 1400 g/mol. The number of nitrogens with two attached hydrogens (primary N) is 1. The Bertz CT molecular complexity index is 3390. The fraction of sp³-hybridized carbons (Fsp3) is 0.589. The summed E-state index contributed by atoms with van der Waals surface area (Å²) in [7, 11) is 0. The number of carboxylic acids is 1. The number of primary amides is 1.